The van der Waals surface area contributed by atoms with Crippen molar-refractivity contribution in [1.29, 1.82) is 0 Å². The number of hydrogen-bond acceptors (Lipinski definition) is 6. The zero-order valence-electron chi connectivity index (χ0n) is 26.9. The van der Waals surface area contributed by atoms with E-state index in [-0.39, 0.29) is 11.8 Å². The van der Waals surface area contributed by atoms with E-state index in [4.69, 9.17) is 0 Å². The maximum atomic E-state index is 13.8. The summed E-state index contributed by atoms with van der Waals surface area (Å²) in [5, 5.41) is 3.42. The summed E-state index contributed by atoms with van der Waals surface area (Å²) in [5.41, 5.74) is 7.12. The van der Waals surface area contributed by atoms with Gasteiger partial charge in [0, 0.05) is 42.4 Å². The van der Waals surface area contributed by atoms with E-state index >= 15 is 0 Å². The minimum Gasteiger partial charge on any atom is -0.370 e. The number of benzene rings is 3. The number of likely N-dealkylation sites (N-methyl/N-ethyl adjacent to an activating group) is 1. The van der Waals surface area contributed by atoms with Gasteiger partial charge in [0.1, 0.15) is 0 Å². The van der Waals surface area contributed by atoms with Gasteiger partial charge in [0.2, 0.25) is 10.0 Å². The molecule has 0 saturated heterocycles. The second-order valence-electron chi connectivity index (χ2n) is 12.0. The molecule has 0 radical (unpaired) electrons. The SMILES string of the molecule is CCN(CCNS(C)(=O)=O)c1ccc(Nc2ccc(NS(=O)(=O)c3c(C(C)C)cc(C(C)C)cc3C(C)C)cc2)c(C)c1. The van der Waals surface area contributed by atoms with Crippen molar-refractivity contribution in [3.8, 4) is 0 Å². The fourth-order valence-corrected chi connectivity index (χ4v) is 7.22. The van der Waals surface area contributed by atoms with E-state index in [0.29, 0.717) is 29.6 Å². The zero-order valence-corrected chi connectivity index (χ0v) is 28.6. The van der Waals surface area contributed by atoms with Crippen molar-refractivity contribution in [2.24, 2.45) is 0 Å². The molecule has 0 aromatic heterocycles. The molecule has 8 nitrogen and oxygen atoms in total. The average molecular weight is 629 g/mol. The third-order valence-electron chi connectivity index (χ3n) is 7.47. The number of anilines is 4. The van der Waals surface area contributed by atoms with Crippen LogP contribution in [0.4, 0.5) is 22.7 Å². The average Bonchev–Trinajstić information content (AvgIpc) is 2.91. The van der Waals surface area contributed by atoms with Gasteiger partial charge in [-0.15, -0.1) is 0 Å². The summed E-state index contributed by atoms with van der Waals surface area (Å²) in [7, 11) is -7.06. The maximum absolute atomic E-state index is 13.8. The Morgan fingerprint density at radius 1 is 0.767 bits per heavy atom. The third kappa shape index (κ3) is 9.20. The van der Waals surface area contributed by atoms with Crippen LogP contribution in [0.2, 0.25) is 0 Å². The number of aryl methyl sites for hydroxylation is 1. The predicted octanol–water partition coefficient (Wildman–Crippen LogP) is 7.29. The number of sulfonamides is 2. The van der Waals surface area contributed by atoms with Gasteiger partial charge in [0.25, 0.3) is 10.0 Å². The van der Waals surface area contributed by atoms with Gasteiger partial charge in [0.05, 0.1) is 11.2 Å². The van der Waals surface area contributed by atoms with Gasteiger partial charge in [-0.3, -0.25) is 4.72 Å². The van der Waals surface area contributed by atoms with E-state index < -0.39 is 20.0 Å². The van der Waals surface area contributed by atoms with Gasteiger partial charge in [-0.1, -0.05) is 53.7 Å². The fourth-order valence-electron chi connectivity index (χ4n) is 5.00. The second-order valence-corrected chi connectivity index (χ2v) is 15.5. The summed E-state index contributed by atoms with van der Waals surface area (Å²) >= 11 is 0. The molecular formula is C33H48N4O4S2. The first-order valence-corrected chi connectivity index (χ1v) is 18.3. The van der Waals surface area contributed by atoms with Crippen LogP contribution in [0, 0.1) is 6.92 Å². The van der Waals surface area contributed by atoms with E-state index in [2.05, 4.69) is 39.6 Å². The highest BCUT2D eigenvalue weighted by Crippen LogP contribution is 2.36. The molecule has 0 bridgehead atoms. The normalized spacial score (nSPS) is 12.3. The number of nitrogens with one attached hydrogen (secondary N) is 3. The Balaban J connectivity index is 1.80. The summed E-state index contributed by atoms with van der Waals surface area (Å²) in [6, 6.07) is 17.4. The van der Waals surface area contributed by atoms with Crippen LogP contribution in [0.25, 0.3) is 0 Å². The Hall–Kier alpha value is -3.08. The Labute approximate surface area is 259 Å². The summed E-state index contributed by atoms with van der Waals surface area (Å²) in [5.74, 6) is 0.407. The molecule has 0 aliphatic carbocycles. The molecule has 0 fully saturated rings. The highest BCUT2D eigenvalue weighted by Gasteiger charge is 2.27. The monoisotopic (exact) mass is 628 g/mol. The van der Waals surface area contributed by atoms with Crippen LogP contribution in [0.5, 0.6) is 0 Å². The molecule has 43 heavy (non-hydrogen) atoms. The molecule has 0 amide bonds. The predicted molar refractivity (Wildman–Crippen MR) is 181 cm³/mol. The molecular weight excluding hydrogens is 581 g/mol. The molecule has 3 N–H and O–H groups in total. The molecule has 10 heteroatoms. The Bertz CT molecular complexity index is 1590. The van der Waals surface area contributed by atoms with E-state index in [1.165, 1.54) is 0 Å². The molecule has 0 aliphatic heterocycles. The summed E-state index contributed by atoms with van der Waals surface area (Å²) in [6.45, 7) is 18.1. The van der Waals surface area contributed by atoms with E-state index in [9.17, 15) is 16.8 Å². The molecule has 0 unspecified atom stereocenters. The molecule has 0 atom stereocenters. The van der Waals surface area contributed by atoms with Crippen molar-refractivity contribution in [2.75, 3.05) is 40.8 Å². The highest BCUT2D eigenvalue weighted by molar-refractivity contribution is 7.92. The van der Waals surface area contributed by atoms with Crippen LogP contribution in [-0.4, -0.2) is 42.7 Å². The third-order valence-corrected chi connectivity index (χ3v) is 9.71. The molecule has 3 rings (SSSR count). The van der Waals surface area contributed by atoms with Gasteiger partial charge in [-0.05, 0) is 96.3 Å². The number of rotatable bonds is 14. The molecule has 3 aromatic carbocycles. The molecule has 236 valence electrons. The molecule has 0 heterocycles. The minimum atomic E-state index is -3.83. The molecule has 0 aliphatic rings. The van der Waals surface area contributed by atoms with Crippen molar-refractivity contribution >= 4 is 42.8 Å². The molecule has 3 aromatic rings. The Kier molecular flexibility index (Phi) is 11.3. The summed E-state index contributed by atoms with van der Waals surface area (Å²) in [4.78, 5) is 2.50. The van der Waals surface area contributed by atoms with Crippen molar-refractivity contribution in [2.45, 2.75) is 78.0 Å². The quantitative estimate of drug-likeness (QED) is 0.173. The van der Waals surface area contributed by atoms with Crippen LogP contribution in [0.15, 0.2) is 59.5 Å². The van der Waals surface area contributed by atoms with Crippen LogP contribution < -0.4 is 19.7 Å². The van der Waals surface area contributed by atoms with Crippen LogP contribution in [0.1, 0.15) is 88.5 Å². The lowest BCUT2D eigenvalue weighted by Crippen LogP contribution is -2.34. The van der Waals surface area contributed by atoms with E-state index in [1.807, 2.05) is 77.9 Å². The lowest BCUT2D eigenvalue weighted by molar-refractivity contribution is 0.586. The van der Waals surface area contributed by atoms with Gasteiger partial charge in [-0.2, -0.15) is 0 Å². The van der Waals surface area contributed by atoms with E-state index in [1.54, 1.807) is 12.1 Å². The van der Waals surface area contributed by atoms with Crippen molar-refractivity contribution < 1.29 is 16.8 Å². The van der Waals surface area contributed by atoms with Crippen LogP contribution in [-0.2, 0) is 20.0 Å². The van der Waals surface area contributed by atoms with Crippen LogP contribution in [0.3, 0.4) is 0 Å². The minimum absolute atomic E-state index is 0.0533. The van der Waals surface area contributed by atoms with Crippen LogP contribution >= 0.6 is 0 Å². The van der Waals surface area contributed by atoms with Gasteiger partial charge < -0.3 is 10.2 Å². The van der Waals surface area contributed by atoms with Crippen molar-refractivity contribution in [1.82, 2.24) is 4.72 Å². The van der Waals surface area contributed by atoms with Crippen molar-refractivity contribution in [3.05, 3.63) is 76.9 Å². The first kappa shape index (κ1) is 34.4. The first-order valence-electron chi connectivity index (χ1n) is 14.9. The van der Waals surface area contributed by atoms with Gasteiger partial charge in [-0.25, -0.2) is 21.6 Å². The topological polar surface area (TPSA) is 108 Å². The largest absolute Gasteiger partial charge is 0.370 e. The Morgan fingerprint density at radius 3 is 1.79 bits per heavy atom. The molecule has 0 spiro atoms. The number of nitrogens with zero attached hydrogens (tertiary/aromatic N) is 1. The maximum Gasteiger partial charge on any atom is 0.262 e. The lowest BCUT2D eigenvalue weighted by Gasteiger charge is -2.24. The van der Waals surface area contributed by atoms with Gasteiger partial charge in [0.15, 0.2) is 0 Å². The smallest absolute Gasteiger partial charge is 0.262 e. The number of hydrogen-bond donors (Lipinski definition) is 3. The highest BCUT2D eigenvalue weighted by atomic mass is 32.2. The lowest BCUT2D eigenvalue weighted by atomic mass is 9.89. The first-order chi connectivity index (χ1) is 20.0. The molecule has 0 saturated carbocycles. The standard InChI is InChI=1S/C33H48N4O4S2/c1-10-37(18-17-34-42(9,38)39)29-15-16-32(25(8)19-29)35-27-11-13-28(14-12-27)36-43(40,41)33-30(23(4)5)20-26(22(2)3)21-31(33)24(6)7/h11-16,19-24,34-36H,10,17-18H2,1-9H3. The summed E-state index contributed by atoms with van der Waals surface area (Å²) in [6.07, 6.45) is 1.16. The van der Waals surface area contributed by atoms with Crippen molar-refractivity contribution in [3.63, 3.8) is 0 Å². The van der Waals surface area contributed by atoms with E-state index in [0.717, 1.165) is 52.1 Å². The van der Waals surface area contributed by atoms with Gasteiger partial charge >= 0.3 is 0 Å². The zero-order chi connectivity index (χ0) is 32.1. The Morgan fingerprint density at radius 2 is 1.33 bits per heavy atom. The summed E-state index contributed by atoms with van der Waals surface area (Å²) < 4.78 is 55.8. The second kappa shape index (κ2) is 14.1. The fraction of sp³-hybridized carbons (Fsp3) is 0.455.